The van der Waals surface area contributed by atoms with Gasteiger partial charge in [-0.1, -0.05) is 29.4 Å². The predicted octanol–water partition coefficient (Wildman–Crippen LogP) is 3.03. The molecule has 30 heavy (non-hydrogen) atoms. The number of fused-ring (bicyclic) bond motifs is 2. The van der Waals surface area contributed by atoms with E-state index in [-0.39, 0.29) is 18.3 Å². The van der Waals surface area contributed by atoms with E-state index in [0.29, 0.717) is 18.9 Å². The molecule has 8 heteroatoms. The highest BCUT2D eigenvalue weighted by Gasteiger charge is 2.55. The molecule has 2 aliphatic rings. The molecule has 1 aromatic heterocycles. The van der Waals surface area contributed by atoms with Gasteiger partial charge in [0, 0.05) is 5.56 Å². The summed E-state index contributed by atoms with van der Waals surface area (Å²) in [6.45, 7) is 2.44. The number of nitrogens with one attached hydrogen (secondary N) is 1. The number of hydrogen-bond acceptors (Lipinski definition) is 6. The first-order valence-electron chi connectivity index (χ1n) is 9.89. The summed E-state index contributed by atoms with van der Waals surface area (Å²) in [5, 5.41) is 6.88. The van der Waals surface area contributed by atoms with Crippen LogP contribution in [0.3, 0.4) is 0 Å². The second kappa shape index (κ2) is 6.98. The summed E-state index contributed by atoms with van der Waals surface area (Å²) in [5.74, 6) is 1.07. The Labute approximate surface area is 172 Å². The molecule has 1 atom stereocenters. The Morgan fingerprint density at radius 2 is 1.97 bits per heavy atom. The monoisotopic (exact) mass is 404 g/mol. The van der Waals surface area contributed by atoms with Crippen molar-refractivity contribution >= 4 is 11.9 Å². The van der Waals surface area contributed by atoms with Crippen molar-refractivity contribution in [2.24, 2.45) is 0 Å². The summed E-state index contributed by atoms with van der Waals surface area (Å²) < 4.78 is 10.7. The molecule has 0 saturated carbocycles. The quantitative estimate of drug-likeness (QED) is 0.657. The number of nitrogens with zero attached hydrogens (tertiary/aromatic N) is 3. The zero-order valence-electron chi connectivity index (χ0n) is 16.4. The lowest BCUT2D eigenvalue weighted by atomic mass is 9.92. The van der Waals surface area contributed by atoms with Crippen molar-refractivity contribution in [3.05, 3.63) is 65.5 Å². The minimum Gasteiger partial charge on any atom is -0.494 e. The second-order valence-electron chi connectivity index (χ2n) is 7.35. The van der Waals surface area contributed by atoms with Crippen molar-refractivity contribution in [2.75, 3.05) is 6.61 Å². The van der Waals surface area contributed by atoms with Gasteiger partial charge in [-0.05, 0) is 55.2 Å². The van der Waals surface area contributed by atoms with Crippen LogP contribution in [0.25, 0.3) is 11.4 Å². The Bertz CT molecular complexity index is 1120. The van der Waals surface area contributed by atoms with Crippen LogP contribution in [-0.2, 0) is 23.3 Å². The highest BCUT2D eigenvalue weighted by Crippen LogP contribution is 2.41. The third-order valence-corrected chi connectivity index (χ3v) is 5.61. The van der Waals surface area contributed by atoms with Crippen LogP contribution in [0.5, 0.6) is 5.75 Å². The van der Waals surface area contributed by atoms with Crippen molar-refractivity contribution in [1.29, 1.82) is 0 Å². The van der Waals surface area contributed by atoms with Crippen molar-refractivity contribution in [2.45, 2.75) is 31.8 Å². The average molecular weight is 404 g/mol. The standard InChI is InChI=1S/C22H20N4O4/c1-2-29-16-9-7-15(8-10-16)19-23-18(30-25-19)13-26-20(27)22(24-21(26)28)12-11-14-5-3-4-6-17(14)22/h3-10H,2,11-13H2,1H3,(H,24,28). The minimum absolute atomic E-state index is 0.0708. The van der Waals surface area contributed by atoms with E-state index in [1.54, 1.807) is 0 Å². The van der Waals surface area contributed by atoms with E-state index >= 15 is 0 Å². The van der Waals surface area contributed by atoms with Crippen molar-refractivity contribution in [3.8, 4) is 17.1 Å². The predicted molar refractivity (Wildman–Crippen MR) is 106 cm³/mol. The molecule has 0 radical (unpaired) electrons. The van der Waals surface area contributed by atoms with Crippen LogP contribution in [-0.4, -0.2) is 33.6 Å². The zero-order chi connectivity index (χ0) is 20.7. The van der Waals surface area contributed by atoms with E-state index in [1.165, 1.54) is 0 Å². The Kier molecular flexibility index (Phi) is 4.27. The van der Waals surface area contributed by atoms with Crippen LogP contribution in [0.1, 0.15) is 30.4 Å². The first-order valence-corrected chi connectivity index (χ1v) is 9.89. The number of amides is 3. The van der Waals surface area contributed by atoms with Crippen LogP contribution >= 0.6 is 0 Å². The summed E-state index contributed by atoms with van der Waals surface area (Å²) in [6, 6.07) is 14.6. The fourth-order valence-corrected chi connectivity index (χ4v) is 4.17. The number of ether oxygens (including phenoxy) is 1. The van der Waals surface area contributed by atoms with E-state index in [0.717, 1.165) is 33.8 Å². The highest BCUT2D eigenvalue weighted by atomic mass is 16.5. The number of rotatable bonds is 5. The van der Waals surface area contributed by atoms with Gasteiger partial charge in [0.05, 0.1) is 6.61 Å². The number of imide groups is 1. The maximum absolute atomic E-state index is 13.2. The van der Waals surface area contributed by atoms with Gasteiger partial charge in [-0.15, -0.1) is 0 Å². The fraction of sp³-hybridized carbons (Fsp3) is 0.273. The van der Waals surface area contributed by atoms with Gasteiger partial charge >= 0.3 is 6.03 Å². The Morgan fingerprint density at radius 3 is 2.77 bits per heavy atom. The van der Waals surface area contributed by atoms with Gasteiger partial charge < -0.3 is 14.6 Å². The maximum Gasteiger partial charge on any atom is 0.325 e. The summed E-state index contributed by atoms with van der Waals surface area (Å²) >= 11 is 0. The number of hydrogen-bond donors (Lipinski definition) is 1. The molecule has 0 bridgehead atoms. The highest BCUT2D eigenvalue weighted by molar-refractivity contribution is 6.08. The molecule has 1 spiro atoms. The van der Waals surface area contributed by atoms with Crippen LogP contribution in [0.15, 0.2) is 53.1 Å². The molecular weight excluding hydrogens is 384 g/mol. The fourth-order valence-electron chi connectivity index (χ4n) is 4.17. The first-order chi connectivity index (χ1) is 14.6. The lowest BCUT2D eigenvalue weighted by Crippen LogP contribution is -2.41. The van der Waals surface area contributed by atoms with E-state index in [2.05, 4.69) is 15.5 Å². The number of benzene rings is 2. The molecule has 3 aromatic rings. The normalized spacial score (nSPS) is 20.0. The van der Waals surface area contributed by atoms with E-state index in [1.807, 2.05) is 55.5 Å². The summed E-state index contributed by atoms with van der Waals surface area (Å²) in [6.07, 6.45) is 1.30. The maximum atomic E-state index is 13.2. The number of urea groups is 1. The molecule has 1 aliphatic heterocycles. The van der Waals surface area contributed by atoms with Gasteiger partial charge in [-0.2, -0.15) is 4.98 Å². The van der Waals surface area contributed by atoms with Gasteiger partial charge in [0.15, 0.2) is 0 Å². The Morgan fingerprint density at radius 1 is 1.17 bits per heavy atom. The molecule has 8 nitrogen and oxygen atoms in total. The molecule has 1 fully saturated rings. The summed E-state index contributed by atoms with van der Waals surface area (Å²) in [7, 11) is 0. The van der Waals surface area contributed by atoms with Crippen molar-refractivity contribution in [1.82, 2.24) is 20.4 Å². The summed E-state index contributed by atoms with van der Waals surface area (Å²) in [4.78, 5) is 31.4. The molecule has 1 saturated heterocycles. The SMILES string of the molecule is CCOc1ccc(-c2noc(CN3C(=O)NC4(CCc5ccccc54)C3=O)n2)cc1. The van der Waals surface area contributed by atoms with E-state index in [4.69, 9.17) is 9.26 Å². The van der Waals surface area contributed by atoms with Crippen LogP contribution in [0.2, 0.25) is 0 Å². The van der Waals surface area contributed by atoms with Gasteiger partial charge in [-0.3, -0.25) is 9.69 Å². The zero-order valence-corrected chi connectivity index (χ0v) is 16.4. The smallest absolute Gasteiger partial charge is 0.325 e. The van der Waals surface area contributed by atoms with Crippen LogP contribution in [0, 0.1) is 0 Å². The van der Waals surface area contributed by atoms with Crippen LogP contribution in [0.4, 0.5) is 4.79 Å². The lowest BCUT2D eigenvalue weighted by Gasteiger charge is -2.21. The molecule has 2 heterocycles. The molecule has 5 rings (SSSR count). The number of carbonyl (C=O) groups is 2. The number of carbonyl (C=O) groups excluding carboxylic acids is 2. The third-order valence-electron chi connectivity index (χ3n) is 5.61. The van der Waals surface area contributed by atoms with Gasteiger partial charge in [0.2, 0.25) is 11.7 Å². The third kappa shape index (κ3) is 2.83. The van der Waals surface area contributed by atoms with Crippen LogP contribution < -0.4 is 10.1 Å². The van der Waals surface area contributed by atoms with E-state index < -0.39 is 11.6 Å². The van der Waals surface area contributed by atoms with E-state index in [9.17, 15) is 9.59 Å². The van der Waals surface area contributed by atoms with Gasteiger partial charge in [0.1, 0.15) is 17.8 Å². The molecule has 1 aliphatic carbocycles. The lowest BCUT2D eigenvalue weighted by molar-refractivity contribution is -0.132. The molecular formula is C22H20N4O4. The summed E-state index contributed by atoms with van der Waals surface area (Å²) in [5.41, 5.74) is 1.72. The van der Waals surface area contributed by atoms with Crippen molar-refractivity contribution in [3.63, 3.8) is 0 Å². The minimum atomic E-state index is -0.994. The average Bonchev–Trinajstić information content (AvgIpc) is 3.44. The Balaban J connectivity index is 1.36. The molecule has 3 amide bonds. The topological polar surface area (TPSA) is 97.6 Å². The molecule has 2 aromatic carbocycles. The van der Waals surface area contributed by atoms with Gasteiger partial charge in [0.25, 0.3) is 5.91 Å². The number of aryl methyl sites for hydroxylation is 1. The van der Waals surface area contributed by atoms with Gasteiger partial charge in [-0.25, -0.2) is 4.79 Å². The van der Waals surface area contributed by atoms with Crippen molar-refractivity contribution < 1.29 is 18.8 Å². The molecule has 152 valence electrons. The number of aromatic nitrogens is 2. The molecule has 1 unspecified atom stereocenters. The first kappa shape index (κ1) is 18.4. The Hall–Kier alpha value is -3.68. The molecule has 1 N–H and O–H groups in total. The second-order valence-corrected chi connectivity index (χ2v) is 7.35. The largest absolute Gasteiger partial charge is 0.494 e.